The number of benzene rings is 6. The molecule has 0 N–H and O–H groups in total. The molecule has 0 saturated heterocycles. The summed E-state index contributed by atoms with van der Waals surface area (Å²) in [5, 5.41) is 0. The minimum Gasteiger partial charge on any atom is -0.310 e. The van der Waals surface area contributed by atoms with Crippen molar-refractivity contribution in [1.82, 2.24) is 0 Å². The maximum absolute atomic E-state index is 2.67. The van der Waals surface area contributed by atoms with E-state index in [2.05, 4.69) is 172 Å². The molecule has 6 aliphatic rings. The standard InChI is InChI=1S/C54H51NS/c1-51(2)27-28-52(3,4)50-41(16-12-18-43(50)51)40-15-8-10-19-45(40)55(38-23-21-36(22-24-38)35-13-6-5-7-14-35)39-25-26-47-44(32-39)54(42-17-9-11-20-46(42)56-47)48-30-34-29-37-31-49(54)53(37,48)33-34/h5-26,32,34,37,48-49H,27-31,33H2,1-4H3. The first-order chi connectivity index (χ1) is 27.2. The minimum atomic E-state index is 0.0843. The van der Waals surface area contributed by atoms with E-state index >= 15 is 0 Å². The number of hydrogen-bond acceptors (Lipinski definition) is 2. The second-order valence-corrected chi connectivity index (χ2v) is 20.7. The van der Waals surface area contributed by atoms with E-state index < -0.39 is 0 Å². The molecule has 2 heteroatoms. The number of fused-ring (bicyclic) bond motifs is 8. The van der Waals surface area contributed by atoms with E-state index in [1.165, 1.54) is 98.8 Å². The summed E-state index contributed by atoms with van der Waals surface area (Å²) in [7, 11) is 0. The normalized spacial score (nSPS) is 29.0. The van der Waals surface area contributed by atoms with Crippen molar-refractivity contribution in [2.45, 2.75) is 92.3 Å². The van der Waals surface area contributed by atoms with Crippen molar-refractivity contribution < 1.29 is 0 Å². The predicted octanol–water partition coefficient (Wildman–Crippen LogP) is 14.7. The first kappa shape index (κ1) is 33.6. The van der Waals surface area contributed by atoms with Gasteiger partial charge in [0.05, 0.1) is 5.69 Å². The van der Waals surface area contributed by atoms with E-state index in [9.17, 15) is 0 Å². The average molecular weight is 746 g/mol. The van der Waals surface area contributed by atoms with Crippen LogP contribution in [0.2, 0.25) is 0 Å². The zero-order valence-corrected chi connectivity index (χ0v) is 34.0. The summed E-state index contributed by atoms with van der Waals surface area (Å²) in [6.45, 7) is 9.83. The molecule has 6 atom stereocenters. The predicted molar refractivity (Wildman–Crippen MR) is 233 cm³/mol. The summed E-state index contributed by atoms with van der Waals surface area (Å²) in [5.74, 6) is 3.43. The Hall–Kier alpha value is -4.53. The Balaban J connectivity index is 1.07. The largest absolute Gasteiger partial charge is 0.310 e. The van der Waals surface area contributed by atoms with Crippen molar-refractivity contribution in [3.8, 4) is 22.3 Å². The van der Waals surface area contributed by atoms with Crippen LogP contribution in [0.25, 0.3) is 22.3 Å². The molecule has 0 radical (unpaired) electrons. The lowest BCUT2D eigenvalue weighted by molar-refractivity contribution is -0.235. The van der Waals surface area contributed by atoms with Crippen LogP contribution < -0.4 is 4.90 Å². The molecule has 6 aromatic rings. The third kappa shape index (κ3) is 4.30. The molecule has 0 amide bonds. The number of hydrogen-bond donors (Lipinski definition) is 0. The zero-order chi connectivity index (χ0) is 37.6. The van der Waals surface area contributed by atoms with Crippen molar-refractivity contribution in [3.05, 3.63) is 162 Å². The lowest BCUT2D eigenvalue weighted by Gasteiger charge is -2.78. The molecule has 0 aromatic heterocycles. The fourth-order valence-corrected chi connectivity index (χ4v) is 15.1. The first-order valence-corrected chi connectivity index (χ1v) is 22.1. The van der Waals surface area contributed by atoms with Gasteiger partial charge in [-0.3, -0.25) is 0 Å². The maximum Gasteiger partial charge on any atom is 0.0540 e. The maximum atomic E-state index is 2.67. The van der Waals surface area contributed by atoms with Crippen LogP contribution in [0.5, 0.6) is 0 Å². The van der Waals surface area contributed by atoms with Gasteiger partial charge >= 0.3 is 0 Å². The molecule has 5 aliphatic carbocycles. The van der Waals surface area contributed by atoms with Gasteiger partial charge in [-0.2, -0.15) is 0 Å². The molecule has 56 heavy (non-hydrogen) atoms. The van der Waals surface area contributed by atoms with Gasteiger partial charge in [0.25, 0.3) is 0 Å². The highest BCUT2D eigenvalue weighted by atomic mass is 32.2. The van der Waals surface area contributed by atoms with Crippen LogP contribution in [0.15, 0.2) is 149 Å². The number of anilines is 3. The lowest BCUT2D eigenvalue weighted by atomic mass is 9.26. The fourth-order valence-electron chi connectivity index (χ4n) is 13.9. The highest BCUT2D eigenvalue weighted by Crippen LogP contribution is 2.89. The van der Waals surface area contributed by atoms with Crippen LogP contribution in [-0.2, 0) is 16.2 Å². The van der Waals surface area contributed by atoms with Crippen molar-refractivity contribution in [3.63, 3.8) is 0 Å². The molecule has 4 saturated carbocycles. The Kier molecular flexibility index (Phi) is 6.92. The Bertz CT molecular complexity index is 2560. The van der Waals surface area contributed by atoms with Gasteiger partial charge in [0.15, 0.2) is 0 Å². The van der Waals surface area contributed by atoms with Gasteiger partial charge in [0, 0.05) is 32.1 Å². The SMILES string of the molecule is CC1(C)CCC(C)(C)c2c(-c3ccccc3N(c3ccc(-c4ccccc4)cc3)c3ccc4c(c3)C3(c5ccccc5S4)C4CC5CC6CC3C64C5)cccc21. The van der Waals surface area contributed by atoms with Crippen molar-refractivity contribution >= 4 is 28.8 Å². The first-order valence-electron chi connectivity index (χ1n) is 21.3. The zero-order valence-electron chi connectivity index (χ0n) is 33.2. The molecule has 1 nitrogen and oxygen atoms in total. The van der Waals surface area contributed by atoms with Crippen LogP contribution >= 0.6 is 11.8 Å². The number of nitrogens with zero attached hydrogens (tertiary/aromatic N) is 1. The van der Waals surface area contributed by atoms with E-state index in [1.807, 2.05) is 11.8 Å². The third-order valence-corrected chi connectivity index (χ3v) is 17.4. The lowest BCUT2D eigenvalue weighted by Crippen LogP contribution is -2.74. The van der Waals surface area contributed by atoms with Crippen LogP contribution in [0, 0.1) is 29.1 Å². The highest BCUT2D eigenvalue weighted by Gasteiger charge is 2.84. The number of rotatable bonds is 5. The fraction of sp³-hybridized carbons (Fsp3) is 0.333. The van der Waals surface area contributed by atoms with Crippen molar-refractivity contribution in [2.75, 3.05) is 4.90 Å². The van der Waals surface area contributed by atoms with Crippen molar-refractivity contribution in [2.24, 2.45) is 29.1 Å². The topological polar surface area (TPSA) is 3.24 Å². The summed E-state index contributed by atoms with van der Waals surface area (Å²) in [4.78, 5) is 5.57. The second-order valence-electron chi connectivity index (χ2n) is 19.6. The summed E-state index contributed by atoms with van der Waals surface area (Å²) >= 11 is 2.01. The Labute approximate surface area is 337 Å². The van der Waals surface area contributed by atoms with Crippen LogP contribution in [0.1, 0.15) is 88.5 Å². The summed E-state index contributed by atoms with van der Waals surface area (Å²) in [5.41, 5.74) is 16.1. The van der Waals surface area contributed by atoms with Gasteiger partial charge in [0.1, 0.15) is 0 Å². The van der Waals surface area contributed by atoms with Gasteiger partial charge in [-0.1, -0.05) is 137 Å². The van der Waals surface area contributed by atoms with Crippen LogP contribution in [-0.4, -0.2) is 0 Å². The van der Waals surface area contributed by atoms with E-state index in [4.69, 9.17) is 0 Å². The third-order valence-electron chi connectivity index (χ3n) is 16.2. The molecular weight excluding hydrogens is 695 g/mol. The molecule has 1 heterocycles. The van der Waals surface area contributed by atoms with Gasteiger partial charge in [0.2, 0.25) is 0 Å². The molecule has 278 valence electrons. The van der Waals surface area contributed by atoms with E-state index in [0.29, 0.717) is 5.41 Å². The molecule has 6 unspecified atom stereocenters. The second kappa shape index (κ2) is 11.5. The van der Waals surface area contributed by atoms with E-state index in [1.54, 1.807) is 11.1 Å². The number of para-hydroxylation sites is 1. The molecule has 2 bridgehead atoms. The average Bonchev–Trinajstić information content (AvgIpc) is 3.76. The smallest absolute Gasteiger partial charge is 0.0540 e. The van der Waals surface area contributed by atoms with Gasteiger partial charge in [-0.05, 0) is 160 Å². The monoisotopic (exact) mass is 745 g/mol. The van der Waals surface area contributed by atoms with Crippen LogP contribution in [0.3, 0.4) is 0 Å². The molecule has 2 spiro atoms. The Morgan fingerprint density at radius 3 is 2.04 bits per heavy atom. The molecule has 1 aliphatic heterocycles. The highest BCUT2D eigenvalue weighted by molar-refractivity contribution is 7.99. The summed E-state index contributed by atoms with van der Waals surface area (Å²) in [6.07, 6.45) is 8.20. The Morgan fingerprint density at radius 2 is 1.20 bits per heavy atom. The molecule has 12 rings (SSSR count). The molecule has 6 aromatic carbocycles. The van der Waals surface area contributed by atoms with Gasteiger partial charge < -0.3 is 4.90 Å². The quantitative estimate of drug-likeness (QED) is 0.173. The van der Waals surface area contributed by atoms with E-state index in [-0.39, 0.29) is 16.2 Å². The van der Waals surface area contributed by atoms with Crippen molar-refractivity contribution in [1.29, 1.82) is 0 Å². The van der Waals surface area contributed by atoms with Gasteiger partial charge in [-0.25, -0.2) is 0 Å². The van der Waals surface area contributed by atoms with E-state index in [0.717, 1.165) is 23.7 Å². The Morgan fingerprint density at radius 1 is 0.536 bits per heavy atom. The van der Waals surface area contributed by atoms with Crippen LogP contribution in [0.4, 0.5) is 17.1 Å². The molecule has 4 fully saturated rings. The molecular formula is C54H51NS. The minimum absolute atomic E-state index is 0.0843. The summed E-state index contributed by atoms with van der Waals surface area (Å²) < 4.78 is 0. The summed E-state index contributed by atoms with van der Waals surface area (Å²) in [6, 6.07) is 53.7. The van der Waals surface area contributed by atoms with Gasteiger partial charge in [-0.15, -0.1) is 0 Å².